The molecule has 0 unspecified atom stereocenters. The minimum absolute atomic E-state index is 0.165. The smallest absolute Gasteiger partial charge is 0.227 e. The van der Waals surface area contributed by atoms with Crippen molar-refractivity contribution in [3.05, 3.63) is 52.5 Å². The quantitative estimate of drug-likeness (QED) is 0.670. The van der Waals surface area contributed by atoms with Gasteiger partial charge in [0.2, 0.25) is 5.91 Å². The van der Waals surface area contributed by atoms with Crippen molar-refractivity contribution in [1.29, 1.82) is 0 Å². The fourth-order valence-corrected chi connectivity index (χ4v) is 5.03. The van der Waals surface area contributed by atoms with Crippen molar-refractivity contribution in [3.8, 4) is 0 Å². The first-order chi connectivity index (χ1) is 11.8. The van der Waals surface area contributed by atoms with Gasteiger partial charge in [-0.05, 0) is 24.3 Å². The third-order valence-electron chi connectivity index (χ3n) is 3.36. The number of carbonyl (C=O) groups excluding carboxylic acids is 1. The van der Waals surface area contributed by atoms with Crippen LogP contribution in [0, 0.1) is 0 Å². The Morgan fingerprint density at radius 2 is 1.88 bits per heavy atom. The van der Waals surface area contributed by atoms with Crippen LogP contribution in [0.15, 0.2) is 47.4 Å². The molecule has 3 aromatic rings. The molecule has 1 amide bonds. The van der Waals surface area contributed by atoms with Gasteiger partial charge in [0.05, 0.1) is 20.4 Å². The topological polar surface area (TPSA) is 76.1 Å². The number of fused-ring (bicyclic) bond motifs is 1. The first kappa shape index (κ1) is 18.1. The zero-order valence-electron chi connectivity index (χ0n) is 12.7. The van der Waals surface area contributed by atoms with Gasteiger partial charge in [-0.15, -0.1) is 0 Å². The lowest BCUT2D eigenvalue weighted by atomic mass is 10.3. The second-order valence-electron chi connectivity index (χ2n) is 5.18. The highest BCUT2D eigenvalue weighted by atomic mass is 35.5. The van der Waals surface area contributed by atoms with Crippen LogP contribution in [-0.2, 0) is 14.6 Å². The third kappa shape index (κ3) is 4.30. The number of benzene rings is 2. The van der Waals surface area contributed by atoms with Crippen LogP contribution in [0.4, 0.5) is 5.13 Å². The van der Waals surface area contributed by atoms with Gasteiger partial charge in [-0.25, -0.2) is 13.4 Å². The molecule has 1 heterocycles. The van der Waals surface area contributed by atoms with E-state index < -0.39 is 15.7 Å². The molecule has 0 fully saturated rings. The van der Waals surface area contributed by atoms with Crippen LogP contribution in [0.5, 0.6) is 0 Å². The first-order valence-corrected chi connectivity index (χ1v) is 10.4. The summed E-state index contributed by atoms with van der Waals surface area (Å²) in [6, 6.07) is 11.3. The largest absolute Gasteiger partial charge is 0.302 e. The Bertz CT molecular complexity index is 1030. The predicted molar refractivity (Wildman–Crippen MR) is 101 cm³/mol. The molecule has 0 saturated carbocycles. The summed E-state index contributed by atoms with van der Waals surface area (Å²) >= 11 is 13.2. The Balaban J connectivity index is 1.68. The van der Waals surface area contributed by atoms with Crippen molar-refractivity contribution in [2.24, 2.45) is 0 Å². The molecule has 0 atom stereocenters. The molecule has 2 aromatic carbocycles. The maximum atomic E-state index is 12.2. The van der Waals surface area contributed by atoms with E-state index in [4.69, 9.17) is 23.2 Å². The predicted octanol–water partition coefficient (Wildman–Crippen LogP) is 4.41. The lowest BCUT2D eigenvalue weighted by Gasteiger charge is -2.04. The summed E-state index contributed by atoms with van der Waals surface area (Å²) in [5, 5.41) is 3.83. The number of nitrogens with zero attached hydrogens (tertiary/aromatic N) is 1. The number of amides is 1. The Labute approximate surface area is 158 Å². The number of thiazole rings is 1. The van der Waals surface area contributed by atoms with Crippen LogP contribution < -0.4 is 5.32 Å². The molecule has 1 aromatic heterocycles. The summed E-state index contributed by atoms with van der Waals surface area (Å²) in [5.41, 5.74) is 0.545. The van der Waals surface area contributed by atoms with E-state index in [1.807, 2.05) is 0 Å². The molecule has 0 saturated heterocycles. The molecule has 130 valence electrons. The standard InChI is InChI=1S/C16H12Cl2N2O3S2/c17-10-8-12(18)15-13(9-10)24-16(20-15)19-14(21)6-7-25(22,23)11-4-2-1-3-5-11/h1-5,8-9H,6-7H2,(H,19,20,21). The average molecular weight is 415 g/mol. The highest BCUT2D eigenvalue weighted by molar-refractivity contribution is 7.91. The minimum Gasteiger partial charge on any atom is -0.302 e. The van der Waals surface area contributed by atoms with Crippen molar-refractivity contribution < 1.29 is 13.2 Å². The van der Waals surface area contributed by atoms with E-state index in [-0.39, 0.29) is 17.1 Å². The van der Waals surface area contributed by atoms with Crippen LogP contribution in [0.25, 0.3) is 10.2 Å². The van der Waals surface area contributed by atoms with Crippen LogP contribution in [0.2, 0.25) is 10.0 Å². The Morgan fingerprint density at radius 1 is 1.16 bits per heavy atom. The molecule has 0 radical (unpaired) electrons. The van der Waals surface area contributed by atoms with E-state index in [1.54, 1.807) is 30.3 Å². The highest BCUT2D eigenvalue weighted by Crippen LogP contribution is 2.33. The maximum absolute atomic E-state index is 12.2. The molecule has 0 aliphatic rings. The van der Waals surface area contributed by atoms with E-state index in [1.165, 1.54) is 23.5 Å². The van der Waals surface area contributed by atoms with Crippen molar-refractivity contribution in [2.75, 3.05) is 11.1 Å². The summed E-state index contributed by atoms with van der Waals surface area (Å²) in [6.45, 7) is 0. The second kappa shape index (κ2) is 7.29. The fraction of sp³-hybridized carbons (Fsp3) is 0.125. The summed E-state index contributed by atoms with van der Waals surface area (Å²) < 4.78 is 25.1. The van der Waals surface area contributed by atoms with Gasteiger partial charge in [-0.1, -0.05) is 52.7 Å². The Hall–Kier alpha value is -1.67. The first-order valence-electron chi connectivity index (χ1n) is 7.18. The van der Waals surface area contributed by atoms with E-state index in [9.17, 15) is 13.2 Å². The van der Waals surface area contributed by atoms with E-state index >= 15 is 0 Å². The zero-order chi connectivity index (χ0) is 18.0. The van der Waals surface area contributed by atoms with Crippen LogP contribution in [-0.4, -0.2) is 25.1 Å². The number of halogens is 2. The normalized spacial score (nSPS) is 11.6. The van der Waals surface area contributed by atoms with Crippen molar-refractivity contribution >= 4 is 65.6 Å². The molecule has 3 rings (SSSR count). The highest BCUT2D eigenvalue weighted by Gasteiger charge is 2.17. The number of rotatable bonds is 5. The molecular weight excluding hydrogens is 403 g/mol. The van der Waals surface area contributed by atoms with Crippen molar-refractivity contribution in [3.63, 3.8) is 0 Å². The lowest BCUT2D eigenvalue weighted by molar-refractivity contribution is -0.115. The Kier molecular flexibility index (Phi) is 5.29. The maximum Gasteiger partial charge on any atom is 0.227 e. The van der Waals surface area contributed by atoms with Crippen LogP contribution >= 0.6 is 34.5 Å². The molecule has 0 spiro atoms. The van der Waals surface area contributed by atoms with Gasteiger partial charge in [0.25, 0.3) is 0 Å². The van der Waals surface area contributed by atoms with E-state index in [0.29, 0.717) is 20.7 Å². The SMILES string of the molecule is O=C(CCS(=O)(=O)c1ccccc1)Nc1nc2c(Cl)cc(Cl)cc2s1. The molecule has 0 aliphatic carbocycles. The number of sulfone groups is 1. The molecule has 25 heavy (non-hydrogen) atoms. The van der Waals surface area contributed by atoms with Crippen molar-refractivity contribution in [1.82, 2.24) is 4.98 Å². The number of nitrogens with one attached hydrogen (secondary N) is 1. The van der Waals surface area contributed by atoms with Gasteiger partial charge >= 0.3 is 0 Å². The number of carbonyl (C=O) groups is 1. The molecule has 0 aliphatic heterocycles. The molecule has 0 bridgehead atoms. The number of hydrogen-bond donors (Lipinski definition) is 1. The lowest BCUT2D eigenvalue weighted by Crippen LogP contribution is -2.17. The monoisotopic (exact) mass is 414 g/mol. The summed E-state index contributed by atoms with van der Waals surface area (Å²) in [5.74, 6) is -0.707. The van der Waals surface area contributed by atoms with Gasteiger partial charge in [0.15, 0.2) is 15.0 Å². The van der Waals surface area contributed by atoms with Crippen molar-refractivity contribution in [2.45, 2.75) is 11.3 Å². The van der Waals surface area contributed by atoms with Gasteiger partial charge in [-0.2, -0.15) is 0 Å². The zero-order valence-corrected chi connectivity index (χ0v) is 15.8. The summed E-state index contributed by atoms with van der Waals surface area (Å²) in [7, 11) is -3.50. The summed E-state index contributed by atoms with van der Waals surface area (Å²) in [6.07, 6.45) is -0.165. The Morgan fingerprint density at radius 3 is 2.60 bits per heavy atom. The molecule has 5 nitrogen and oxygen atoms in total. The number of anilines is 1. The summed E-state index contributed by atoms with van der Waals surface area (Å²) in [4.78, 5) is 16.5. The average Bonchev–Trinajstić information content (AvgIpc) is 2.96. The van der Waals surface area contributed by atoms with E-state index in [2.05, 4.69) is 10.3 Å². The van der Waals surface area contributed by atoms with Crippen LogP contribution in [0.3, 0.4) is 0 Å². The fourth-order valence-electron chi connectivity index (χ4n) is 2.17. The van der Waals surface area contributed by atoms with E-state index in [0.717, 1.165) is 4.70 Å². The van der Waals surface area contributed by atoms with Gasteiger partial charge in [0.1, 0.15) is 5.52 Å². The van der Waals surface area contributed by atoms with Crippen LogP contribution in [0.1, 0.15) is 6.42 Å². The molecule has 9 heteroatoms. The number of hydrogen-bond acceptors (Lipinski definition) is 5. The molecular formula is C16H12Cl2N2O3S2. The van der Waals surface area contributed by atoms with Gasteiger partial charge < -0.3 is 5.32 Å². The van der Waals surface area contributed by atoms with Gasteiger partial charge in [-0.3, -0.25) is 4.79 Å². The minimum atomic E-state index is -3.50. The molecule has 1 N–H and O–H groups in total. The van der Waals surface area contributed by atoms with Gasteiger partial charge in [0, 0.05) is 11.4 Å². The third-order valence-corrected chi connectivity index (χ3v) is 6.52. The second-order valence-corrected chi connectivity index (χ2v) is 9.17. The number of aromatic nitrogens is 1.